The third-order valence-electron chi connectivity index (χ3n) is 11.4. The van der Waals surface area contributed by atoms with Crippen LogP contribution in [0.25, 0.3) is 0 Å². The van der Waals surface area contributed by atoms with E-state index in [1.54, 1.807) is 0 Å². The molecule has 2 heterocycles. The van der Waals surface area contributed by atoms with Gasteiger partial charge in [-0.15, -0.1) is 0 Å². The lowest BCUT2D eigenvalue weighted by atomic mass is 9.83. The van der Waals surface area contributed by atoms with E-state index in [-0.39, 0.29) is 16.9 Å². The predicted octanol–water partition coefficient (Wildman–Crippen LogP) is 11.3. The van der Waals surface area contributed by atoms with E-state index < -0.39 is 0 Å². The van der Waals surface area contributed by atoms with Gasteiger partial charge in [-0.2, -0.15) is 4.58 Å². The van der Waals surface area contributed by atoms with Crippen molar-refractivity contribution >= 4 is 22.8 Å². The van der Waals surface area contributed by atoms with Crippen LogP contribution in [0.15, 0.2) is 138 Å². The van der Waals surface area contributed by atoms with E-state index in [4.69, 9.17) is 0 Å². The second-order valence-corrected chi connectivity index (χ2v) is 15.4. The minimum absolute atomic E-state index is 0.0721. The molecule has 7 rings (SSSR count). The monoisotopic (exact) mass is 660 g/mol. The van der Waals surface area contributed by atoms with Crippen LogP contribution < -0.4 is 9.80 Å². The van der Waals surface area contributed by atoms with Crippen molar-refractivity contribution in [1.82, 2.24) is 0 Å². The highest BCUT2D eigenvalue weighted by molar-refractivity contribution is 6.12. The van der Waals surface area contributed by atoms with Crippen LogP contribution in [0.1, 0.15) is 83.1 Å². The normalized spacial score (nSPS) is 24.6. The molecule has 50 heavy (non-hydrogen) atoms. The Labute approximate surface area is 301 Å². The Morgan fingerprint density at radius 2 is 1.20 bits per heavy atom. The molecule has 3 aromatic rings. The van der Waals surface area contributed by atoms with E-state index in [0.29, 0.717) is 0 Å². The smallest absolute Gasteiger partial charge is 0.212 e. The average molecular weight is 661 g/mol. The molecule has 0 radical (unpaired) electrons. The molecule has 1 unspecified atom stereocenters. The second-order valence-electron chi connectivity index (χ2n) is 15.4. The molecule has 2 aliphatic carbocycles. The standard InChI is InChI=1S/C47H54N3/c1-9-48-41-27-21-33(3)31-39(41)46(5,6)43(48)29-25-35-23-24-36(45(35)50(37-17-13-11-14-18-37)38-19-15-12-16-20-38)26-30-44-47(7,8)40-32-34(4)22-28-42(40)49(44)10-2/h11-19,21-22,25-32,38H,9-10,20,23-24H2,1-8H3/q+1. The summed E-state index contributed by atoms with van der Waals surface area (Å²) in [6.07, 6.45) is 21.9. The number of hydrogen-bond donors (Lipinski definition) is 0. The van der Waals surface area contributed by atoms with Crippen LogP contribution >= 0.6 is 0 Å². The third-order valence-corrected chi connectivity index (χ3v) is 11.4. The van der Waals surface area contributed by atoms with E-state index in [1.165, 1.54) is 67.6 Å². The lowest BCUT2D eigenvalue weighted by Crippen LogP contribution is -2.28. The van der Waals surface area contributed by atoms with Gasteiger partial charge in [-0.05, 0) is 82.0 Å². The molecule has 1 saturated carbocycles. The number of hydrogen-bond acceptors (Lipinski definition) is 2. The van der Waals surface area contributed by atoms with Crippen LogP contribution in [-0.4, -0.2) is 29.4 Å². The van der Waals surface area contributed by atoms with Crippen LogP contribution in [0.2, 0.25) is 0 Å². The maximum absolute atomic E-state index is 2.62. The first-order valence-corrected chi connectivity index (χ1v) is 18.7. The maximum Gasteiger partial charge on any atom is 0.212 e. The summed E-state index contributed by atoms with van der Waals surface area (Å²) in [6.45, 7) is 20.4. The molecule has 3 nitrogen and oxygen atoms in total. The predicted molar refractivity (Wildman–Crippen MR) is 214 cm³/mol. The lowest BCUT2D eigenvalue weighted by Gasteiger charge is -2.26. The van der Waals surface area contributed by atoms with Crippen LogP contribution in [0.5, 0.6) is 0 Å². The zero-order valence-electron chi connectivity index (χ0n) is 31.4. The van der Waals surface area contributed by atoms with E-state index >= 15 is 0 Å². The zero-order valence-corrected chi connectivity index (χ0v) is 31.4. The van der Waals surface area contributed by atoms with Gasteiger partial charge in [0.2, 0.25) is 11.4 Å². The van der Waals surface area contributed by atoms with Gasteiger partial charge in [-0.25, -0.2) is 0 Å². The van der Waals surface area contributed by atoms with Crippen LogP contribution in [-0.2, 0) is 10.8 Å². The van der Waals surface area contributed by atoms with Gasteiger partial charge in [-0.1, -0.05) is 112 Å². The van der Waals surface area contributed by atoms with Gasteiger partial charge in [-0.3, -0.25) is 0 Å². The zero-order chi connectivity index (χ0) is 35.2. The molecule has 2 aliphatic heterocycles. The summed E-state index contributed by atoms with van der Waals surface area (Å²) in [4.78, 5) is 5.04. The molecule has 1 fully saturated rings. The fourth-order valence-electron chi connectivity index (χ4n) is 8.80. The van der Waals surface area contributed by atoms with E-state index in [2.05, 4.69) is 185 Å². The molecular formula is C47H54N3+. The molecule has 1 atom stereocenters. The van der Waals surface area contributed by atoms with Gasteiger partial charge in [0.05, 0.1) is 0 Å². The number of nitrogens with zero attached hydrogens (tertiary/aromatic N) is 3. The SMILES string of the molecule is CCN1C(=CC=C2CC/C(=C\C=C3\N(CC)c4ccc(C)cc4C3(C)C)C2=[N+](c2ccccc2)C2C=CC=CC2)C(C)(C)c2cc(C)ccc21. The van der Waals surface area contributed by atoms with E-state index in [9.17, 15) is 0 Å². The summed E-state index contributed by atoms with van der Waals surface area (Å²) < 4.78 is 2.62. The summed E-state index contributed by atoms with van der Waals surface area (Å²) in [5.74, 6) is 0. The van der Waals surface area contributed by atoms with Gasteiger partial charge in [0.15, 0.2) is 6.04 Å². The molecule has 256 valence electrons. The summed E-state index contributed by atoms with van der Waals surface area (Å²) in [5.41, 5.74) is 16.2. The highest BCUT2D eigenvalue weighted by Gasteiger charge is 2.41. The molecule has 3 heteroatoms. The molecule has 4 aliphatic rings. The topological polar surface area (TPSA) is 9.49 Å². The maximum atomic E-state index is 2.62. The molecule has 0 amide bonds. The Bertz CT molecular complexity index is 1920. The van der Waals surface area contributed by atoms with Gasteiger partial charge < -0.3 is 9.80 Å². The first-order valence-electron chi connectivity index (χ1n) is 18.7. The molecule has 0 bridgehead atoms. The molecule has 0 aromatic heterocycles. The number of aryl methyl sites for hydroxylation is 2. The number of allylic oxidation sites excluding steroid dienone is 10. The molecule has 0 saturated heterocycles. The second kappa shape index (κ2) is 13.2. The average Bonchev–Trinajstić information content (AvgIpc) is 3.68. The largest absolute Gasteiger partial charge is 0.344 e. The summed E-state index contributed by atoms with van der Waals surface area (Å²) in [7, 11) is 0. The quantitative estimate of drug-likeness (QED) is 0.243. The minimum Gasteiger partial charge on any atom is -0.344 e. The van der Waals surface area contributed by atoms with E-state index in [0.717, 1.165) is 32.4 Å². The van der Waals surface area contributed by atoms with Gasteiger partial charge in [0.1, 0.15) is 0 Å². The molecular weight excluding hydrogens is 607 g/mol. The Balaban J connectivity index is 1.40. The Kier molecular flexibility index (Phi) is 8.97. The summed E-state index contributed by atoms with van der Waals surface area (Å²) >= 11 is 0. The molecule has 0 N–H and O–H groups in total. The Morgan fingerprint density at radius 1 is 0.680 bits per heavy atom. The fraction of sp³-hybridized carbons (Fsp3) is 0.340. The number of rotatable bonds is 6. The van der Waals surface area contributed by atoms with Crippen molar-refractivity contribution in [2.24, 2.45) is 0 Å². The number of fused-ring (bicyclic) bond motifs is 2. The first-order chi connectivity index (χ1) is 24.1. The number of para-hydroxylation sites is 1. The van der Waals surface area contributed by atoms with Crippen molar-refractivity contribution in [3.8, 4) is 0 Å². The number of likely N-dealkylation sites (N-methyl/N-ethyl adjacent to an activating group) is 2. The van der Waals surface area contributed by atoms with Crippen molar-refractivity contribution in [2.75, 3.05) is 22.9 Å². The molecule has 3 aromatic carbocycles. The van der Waals surface area contributed by atoms with Crippen molar-refractivity contribution in [3.05, 3.63) is 160 Å². The molecule has 0 spiro atoms. The summed E-state index contributed by atoms with van der Waals surface area (Å²) in [5, 5.41) is 0. The highest BCUT2D eigenvalue weighted by Crippen LogP contribution is 2.49. The minimum atomic E-state index is -0.0721. The fourth-order valence-corrected chi connectivity index (χ4v) is 8.80. The van der Waals surface area contributed by atoms with Crippen molar-refractivity contribution in [1.29, 1.82) is 0 Å². The van der Waals surface area contributed by atoms with Crippen molar-refractivity contribution in [3.63, 3.8) is 0 Å². The first kappa shape index (κ1) is 33.8. The van der Waals surface area contributed by atoms with E-state index in [1.807, 2.05) is 0 Å². The van der Waals surface area contributed by atoms with Crippen LogP contribution in [0.3, 0.4) is 0 Å². The van der Waals surface area contributed by atoms with Gasteiger partial charge in [0, 0.05) is 76.4 Å². The number of benzene rings is 3. The Hall–Kier alpha value is -4.63. The summed E-state index contributed by atoms with van der Waals surface area (Å²) in [6, 6.07) is 25.2. The van der Waals surface area contributed by atoms with Crippen molar-refractivity contribution in [2.45, 2.75) is 91.5 Å². The van der Waals surface area contributed by atoms with Gasteiger partial charge in [0.25, 0.3) is 0 Å². The van der Waals surface area contributed by atoms with Crippen LogP contribution in [0.4, 0.5) is 17.1 Å². The highest BCUT2D eigenvalue weighted by atomic mass is 15.2. The van der Waals surface area contributed by atoms with Crippen LogP contribution in [0, 0.1) is 13.8 Å². The van der Waals surface area contributed by atoms with Gasteiger partial charge >= 0.3 is 0 Å². The number of anilines is 2. The lowest BCUT2D eigenvalue weighted by molar-refractivity contribution is -0.469. The van der Waals surface area contributed by atoms with Crippen molar-refractivity contribution < 1.29 is 4.58 Å². The third kappa shape index (κ3) is 5.75. The Morgan fingerprint density at radius 3 is 1.66 bits per heavy atom.